The van der Waals surface area contributed by atoms with E-state index >= 15 is 0 Å². The number of nitrogens with zero attached hydrogens (tertiary/aromatic N) is 5. The topological polar surface area (TPSA) is 145 Å². The lowest BCUT2D eigenvalue weighted by molar-refractivity contribution is -0.144. The fourth-order valence-corrected chi connectivity index (χ4v) is 2.06. The van der Waals surface area contributed by atoms with Crippen molar-refractivity contribution in [2.45, 2.75) is 32.1 Å². The van der Waals surface area contributed by atoms with E-state index in [1.807, 2.05) is 0 Å². The van der Waals surface area contributed by atoms with Crippen LogP contribution in [0.25, 0.3) is 5.65 Å². The summed E-state index contributed by atoms with van der Waals surface area (Å²) in [6, 6.07) is 2.98. The summed E-state index contributed by atoms with van der Waals surface area (Å²) in [7, 11) is 0. The highest BCUT2D eigenvalue weighted by Crippen LogP contribution is 2.21. The predicted molar refractivity (Wildman–Crippen MR) is 86.8 cm³/mol. The van der Waals surface area contributed by atoms with Gasteiger partial charge in [0.25, 0.3) is 5.91 Å². The monoisotopic (exact) mass is 397 g/mol. The maximum atomic E-state index is 12.1. The fourth-order valence-electron chi connectivity index (χ4n) is 2.06. The van der Waals surface area contributed by atoms with Crippen molar-refractivity contribution >= 4 is 23.2 Å². The maximum absolute atomic E-state index is 12.1. The summed E-state index contributed by atoms with van der Waals surface area (Å²) in [5, 5.41) is 28.4. The molecule has 10 nitrogen and oxygen atoms in total. The highest BCUT2D eigenvalue weighted by atomic mass is 19.4. The molecule has 2 heterocycles. The Morgan fingerprint density at radius 1 is 1.32 bits per heavy atom. The first-order valence-electron chi connectivity index (χ1n) is 7.79. The largest absolute Gasteiger partial charge is 0.410 e. The Kier molecular flexibility index (Phi) is 6.48. The molecule has 0 atom stereocenters. The number of nitrogens with one attached hydrogen (secondary N) is 2. The lowest BCUT2D eigenvalue weighted by Gasteiger charge is -2.07. The molecule has 2 aromatic heterocycles. The second-order valence-electron chi connectivity index (χ2n) is 5.53. The fraction of sp³-hybridized carbons (Fsp3) is 0.333. The number of carbonyl (C=O) groups is 2. The molecule has 0 aliphatic carbocycles. The molecule has 3 N–H and O–H groups in total. The smallest absolute Gasteiger partial charge is 0.389 e. The van der Waals surface area contributed by atoms with Gasteiger partial charge in [0.05, 0.1) is 31.1 Å². The molecular weight excluding hydrogens is 383 g/mol. The van der Waals surface area contributed by atoms with Crippen LogP contribution in [0.1, 0.15) is 24.1 Å². The minimum Gasteiger partial charge on any atom is -0.410 e. The first-order valence-corrected chi connectivity index (χ1v) is 7.79. The van der Waals surface area contributed by atoms with E-state index in [4.69, 9.17) is 10.5 Å². The molecule has 0 aliphatic rings. The van der Waals surface area contributed by atoms with E-state index in [2.05, 4.69) is 25.9 Å². The van der Waals surface area contributed by atoms with E-state index in [-0.39, 0.29) is 13.1 Å². The third-order valence-corrected chi connectivity index (χ3v) is 3.40. The number of amides is 2. The average molecular weight is 397 g/mol. The van der Waals surface area contributed by atoms with Crippen molar-refractivity contribution in [2.24, 2.45) is 5.16 Å². The Bertz CT molecular complexity index is 946. The summed E-state index contributed by atoms with van der Waals surface area (Å²) in [6.45, 7) is -0.0793. The third-order valence-electron chi connectivity index (χ3n) is 3.40. The molecule has 0 radical (unpaired) electrons. The Morgan fingerprint density at radius 3 is 2.71 bits per heavy atom. The molecule has 0 unspecified atom stereocenters. The zero-order valence-electron chi connectivity index (χ0n) is 14.2. The van der Waals surface area contributed by atoms with E-state index < -0.39 is 36.5 Å². The molecule has 2 amide bonds. The molecular formula is C15H14F3N7O3. The van der Waals surface area contributed by atoms with Crippen LogP contribution in [0.2, 0.25) is 0 Å². The second-order valence-corrected chi connectivity index (χ2v) is 5.53. The number of alkyl halides is 3. The van der Waals surface area contributed by atoms with E-state index in [1.165, 1.54) is 23.0 Å². The van der Waals surface area contributed by atoms with E-state index in [1.54, 1.807) is 6.07 Å². The number of fused-ring (bicyclic) bond motifs is 1. The van der Waals surface area contributed by atoms with Crippen LogP contribution in [0.15, 0.2) is 23.6 Å². The summed E-state index contributed by atoms with van der Waals surface area (Å²) in [5.74, 6) is -1.61. The molecule has 2 rings (SSSR count). The summed E-state index contributed by atoms with van der Waals surface area (Å²) < 4.78 is 37.7. The molecule has 0 saturated heterocycles. The maximum Gasteiger partial charge on any atom is 0.389 e. The van der Waals surface area contributed by atoms with Gasteiger partial charge < -0.3 is 15.8 Å². The lowest BCUT2D eigenvalue weighted by atomic mass is 10.2. The molecule has 0 aliphatic heterocycles. The van der Waals surface area contributed by atoms with Gasteiger partial charge >= 0.3 is 6.18 Å². The Hall–Kier alpha value is -3.69. The number of nitriles is 1. The highest BCUT2D eigenvalue weighted by Gasteiger charge is 2.27. The van der Waals surface area contributed by atoms with Crippen LogP contribution < -0.4 is 10.6 Å². The van der Waals surface area contributed by atoms with Gasteiger partial charge in [-0.15, -0.1) is 0 Å². The van der Waals surface area contributed by atoms with Crippen LogP contribution in [-0.2, 0) is 22.7 Å². The average Bonchev–Trinajstić information content (AvgIpc) is 3.05. The minimum atomic E-state index is -4.39. The summed E-state index contributed by atoms with van der Waals surface area (Å²) in [4.78, 5) is 27.2. The number of aromatic nitrogens is 3. The van der Waals surface area contributed by atoms with Crippen molar-refractivity contribution < 1.29 is 28.0 Å². The van der Waals surface area contributed by atoms with Gasteiger partial charge in [-0.2, -0.15) is 23.5 Å². The van der Waals surface area contributed by atoms with Crippen LogP contribution >= 0.6 is 0 Å². The normalized spacial score (nSPS) is 11.9. The number of carbonyl (C=O) groups excluding carboxylic acids is 2. The zero-order chi connectivity index (χ0) is 20.7. The zero-order valence-corrected chi connectivity index (χ0v) is 14.2. The van der Waals surface area contributed by atoms with E-state index in [0.717, 1.165) is 0 Å². The van der Waals surface area contributed by atoms with Gasteiger partial charge in [0.1, 0.15) is 6.07 Å². The van der Waals surface area contributed by atoms with Crippen LogP contribution in [0, 0.1) is 11.3 Å². The summed E-state index contributed by atoms with van der Waals surface area (Å²) in [6.07, 6.45) is -3.33. The number of oxime groups is 1. The first kappa shape index (κ1) is 20.6. The molecule has 0 fully saturated rings. The molecule has 2 aromatic rings. The molecule has 0 bridgehead atoms. The van der Waals surface area contributed by atoms with Gasteiger partial charge in [-0.3, -0.25) is 9.59 Å². The highest BCUT2D eigenvalue weighted by molar-refractivity contribution is 6.44. The minimum absolute atomic E-state index is 0.0163. The lowest BCUT2D eigenvalue weighted by Crippen LogP contribution is -2.29. The molecule has 28 heavy (non-hydrogen) atoms. The second kappa shape index (κ2) is 8.80. The van der Waals surface area contributed by atoms with E-state index in [9.17, 15) is 22.8 Å². The van der Waals surface area contributed by atoms with Crippen molar-refractivity contribution in [2.75, 3.05) is 0 Å². The third kappa shape index (κ3) is 5.94. The van der Waals surface area contributed by atoms with Gasteiger partial charge in [0.15, 0.2) is 5.65 Å². The molecule has 148 valence electrons. The number of rotatable bonds is 7. The molecule has 0 spiro atoms. The van der Waals surface area contributed by atoms with Crippen molar-refractivity contribution in [1.29, 1.82) is 5.26 Å². The summed E-state index contributed by atoms with van der Waals surface area (Å²) >= 11 is 0. The standard InChI is InChI=1S/C15H14F3N7O3/c16-15(17,18)2-1-13(26)20-5-9-3-12-23-10(8-25(12)22-6-9)7-21-14(27)11(4-19)24-28/h3,6,8,28H,1-2,5,7H2,(H,20,26)(H,21,27)/b24-11+. The van der Waals surface area contributed by atoms with Crippen molar-refractivity contribution in [3.8, 4) is 6.07 Å². The quantitative estimate of drug-likeness (QED) is 0.356. The van der Waals surface area contributed by atoms with E-state index in [0.29, 0.717) is 16.9 Å². The Balaban J connectivity index is 1.94. The van der Waals surface area contributed by atoms with Gasteiger partial charge in [-0.1, -0.05) is 5.16 Å². The van der Waals surface area contributed by atoms with Gasteiger partial charge in [-0.05, 0) is 11.6 Å². The Labute approximate surface area is 155 Å². The first-order chi connectivity index (χ1) is 13.2. The van der Waals surface area contributed by atoms with Crippen molar-refractivity contribution in [3.05, 3.63) is 29.7 Å². The summed E-state index contributed by atoms with van der Waals surface area (Å²) in [5.41, 5.74) is 0.587. The molecule has 13 heteroatoms. The number of hydrogen-bond acceptors (Lipinski definition) is 7. The van der Waals surface area contributed by atoms with Gasteiger partial charge in [0.2, 0.25) is 11.6 Å². The van der Waals surface area contributed by atoms with Crippen molar-refractivity contribution in [3.63, 3.8) is 0 Å². The molecule has 0 aromatic carbocycles. The number of halogens is 3. The van der Waals surface area contributed by atoms with Crippen molar-refractivity contribution in [1.82, 2.24) is 25.2 Å². The number of imidazole rings is 1. The van der Waals surface area contributed by atoms with Crippen LogP contribution in [0.4, 0.5) is 13.2 Å². The van der Waals surface area contributed by atoms with Crippen LogP contribution in [-0.4, -0.2) is 43.5 Å². The SMILES string of the molecule is N#C/C(=N\O)C(=O)NCc1cn2ncc(CNC(=O)CCC(F)(F)F)cc2n1. The van der Waals surface area contributed by atoms with Gasteiger partial charge in [-0.25, -0.2) is 9.50 Å². The van der Waals surface area contributed by atoms with Crippen LogP contribution in [0.3, 0.4) is 0 Å². The van der Waals surface area contributed by atoms with Crippen LogP contribution in [0.5, 0.6) is 0 Å². The number of hydrogen-bond donors (Lipinski definition) is 3. The predicted octanol–water partition coefficient (Wildman–Crippen LogP) is 0.658. The van der Waals surface area contributed by atoms with Gasteiger partial charge in [0, 0.05) is 13.0 Å². The molecule has 0 saturated carbocycles. The Morgan fingerprint density at radius 2 is 2.07 bits per heavy atom.